The van der Waals surface area contributed by atoms with Crippen LogP contribution in [0.1, 0.15) is 12.0 Å². The van der Waals surface area contributed by atoms with Crippen molar-refractivity contribution in [3.8, 4) is 5.75 Å². The number of hydrogen-bond donors (Lipinski definition) is 2. The number of carbonyl (C=O) groups is 2. The Morgan fingerprint density at radius 3 is 2.68 bits per heavy atom. The van der Waals surface area contributed by atoms with E-state index < -0.39 is 0 Å². The molecule has 0 fully saturated rings. The van der Waals surface area contributed by atoms with Gasteiger partial charge in [-0.3, -0.25) is 9.59 Å². The number of nitrogens with one attached hydrogen (secondary N) is 2. The zero-order valence-corrected chi connectivity index (χ0v) is 16.4. The average Bonchev–Trinajstić information content (AvgIpc) is 2.69. The van der Waals surface area contributed by atoms with Crippen molar-refractivity contribution in [2.45, 2.75) is 12.8 Å². The summed E-state index contributed by atoms with van der Waals surface area (Å²) in [5.41, 5.74) is 2.46. The minimum absolute atomic E-state index is 0.0796. The van der Waals surface area contributed by atoms with Crippen LogP contribution in [0.25, 0.3) is 0 Å². The Morgan fingerprint density at radius 2 is 1.93 bits per heavy atom. The van der Waals surface area contributed by atoms with Crippen LogP contribution in [0.3, 0.4) is 0 Å². The van der Waals surface area contributed by atoms with Crippen LogP contribution in [-0.4, -0.2) is 44.0 Å². The van der Waals surface area contributed by atoms with Crippen LogP contribution in [0.2, 0.25) is 0 Å². The van der Waals surface area contributed by atoms with Crippen LogP contribution in [0.5, 0.6) is 5.75 Å². The summed E-state index contributed by atoms with van der Waals surface area (Å²) in [5.74, 6) is 0.582. The molecule has 0 heterocycles. The molecule has 2 rings (SSSR count). The van der Waals surface area contributed by atoms with Crippen LogP contribution >= 0.6 is 0 Å². The van der Waals surface area contributed by atoms with Crippen LogP contribution in [0.15, 0.2) is 61.2 Å². The van der Waals surface area contributed by atoms with E-state index in [4.69, 9.17) is 4.74 Å². The lowest BCUT2D eigenvalue weighted by Gasteiger charge is -2.13. The zero-order chi connectivity index (χ0) is 20.4. The molecular weight excluding hydrogens is 354 g/mol. The normalized spacial score (nSPS) is 10.1. The molecule has 28 heavy (non-hydrogen) atoms. The lowest BCUT2D eigenvalue weighted by Crippen LogP contribution is -2.22. The fourth-order valence-corrected chi connectivity index (χ4v) is 2.55. The highest BCUT2D eigenvalue weighted by Gasteiger charge is 2.08. The summed E-state index contributed by atoms with van der Waals surface area (Å²) in [6.07, 6.45) is 2.74. The maximum atomic E-state index is 12.3. The lowest BCUT2D eigenvalue weighted by atomic mass is 10.1. The van der Waals surface area contributed by atoms with E-state index in [9.17, 15) is 9.59 Å². The fraction of sp³-hybridized carbons (Fsp3) is 0.273. The number of amides is 2. The van der Waals surface area contributed by atoms with Gasteiger partial charge in [0.05, 0.1) is 12.2 Å². The molecule has 6 heteroatoms. The van der Waals surface area contributed by atoms with Gasteiger partial charge in [-0.1, -0.05) is 36.9 Å². The molecule has 0 bridgehead atoms. The van der Waals surface area contributed by atoms with E-state index in [0.717, 1.165) is 11.3 Å². The van der Waals surface area contributed by atoms with E-state index in [1.165, 1.54) is 0 Å². The third-order valence-electron chi connectivity index (χ3n) is 4.02. The van der Waals surface area contributed by atoms with Gasteiger partial charge in [0, 0.05) is 26.2 Å². The maximum absolute atomic E-state index is 12.3. The SMILES string of the molecule is C=CCOc1ccccc1NCC(=O)Nc1cccc(CCC(=O)N(C)C)c1. The Labute approximate surface area is 166 Å². The van der Waals surface area contributed by atoms with Crippen LogP contribution in [0.4, 0.5) is 11.4 Å². The average molecular weight is 381 g/mol. The summed E-state index contributed by atoms with van der Waals surface area (Å²) in [5, 5.41) is 5.96. The minimum Gasteiger partial charge on any atom is -0.487 e. The second kappa shape index (κ2) is 10.8. The van der Waals surface area contributed by atoms with Crippen molar-refractivity contribution < 1.29 is 14.3 Å². The number of para-hydroxylation sites is 2. The number of rotatable bonds is 10. The summed E-state index contributed by atoms with van der Waals surface area (Å²) < 4.78 is 5.57. The monoisotopic (exact) mass is 381 g/mol. The van der Waals surface area contributed by atoms with Crippen molar-refractivity contribution in [3.05, 3.63) is 66.7 Å². The van der Waals surface area contributed by atoms with Crippen LogP contribution in [-0.2, 0) is 16.0 Å². The number of benzene rings is 2. The molecule has 0 aromatic heterocycles. The molecule has 6 nitrogen and oxygen atoms in total. The highest BCUT2D eigenvalue weighted by molar-refractivity contribution is 5.94. The summed E-state index contributed by atoms with van der Waals surface area (Å²) >= 11 is 0. The second-order valence-electron chi connectivity index (χ2n) is 6.49. The molecule has 0 radical (unpaired) electrons. The highest BCUT2D eigenvalue weighted by Crippen LogP contribution is 2.23. The van der Waals surface area contributed by atoms with E-state index in [0.29, 0.717) is 30.9 Å². The van der Waals surface area contributed by atoms with Crippen molar-refractivity contribution in [2.75, 3.05) is 37.9 Å². The molecule has 0 unspecified atom stereocenters. The summed E-state index contributed by atoms with van der Waals surface area (Å²) in [7, 11) is 3.49. The summed E-state index contributed by atoms with van der Waals surface area (Å²) in [6.45, 7) is 4.14. The van der Waals surface area contributed by atoms with E-state index >= 15 is 0 Å². The molecule has 0 atom stereocenters. The first-order valence-electron chi connectivity index (χ1n) is 9.15. The Bertz CT molecular complexity index is 818. The first-order valence-corrected chi connectivity index (χ1v) is 9.15. The van der Waals surface area contributed by atoms with Gasteiger partial charge in [-0.05, 0) is 36.2 Å². The first-order chi connectivity index (χ1) is 13.5. The van der Waals surface area contributed by atoms with Gasteiger partial charge in [0.2, 0.25) is 11.8 Å². The first kappa shape index (κ1) is 21.0. The van der Waals surface area contributed by atoms with Gasteiger partial charge in [0.1, 0.15) is 12.4 Å². The predicted octanol–water partition coefficient (Wildman–Crippen LogP) is 3.32. The third-order valence-corrected chi connectivity index (χ3v) is 4.02. The number of aryl methyl sites for hydroxylation is 1. The summed E-state index contributed by atoms with van der Waals surface area (Å²) in [4.78, 5) is 25.6. The molecular formula is C22H27N3O3. The van der Waals surface area contributed by atoms with Crippen molar-refractivity contribution in [2.24, 2.45) is 0 Å². The molecule has 0 aliphatic rings. The number of hydrogen-bond acceptors (Lipinski definition) is 4. The number of nitrogens with zero attached hydrogens (tertiary/aromatic N) is 1. The molecule has 0 saturated heterocycles. The van der Waals surface area contributed by atoms with Crippen molar-refractivity contribution in [3.63, 3.8) is 0 Å². The van der Waals surface area contributed by atoms with Crippen molar-refractivity contribution in [1.82, 2.24) is 4.90 Å². The quantitative estimate of drug-likeness (QED) is 0.620. The molecule has 2 amide bonds. The van der Waals surface area contributed by atoms with Gasteiger partial charge in [0.25, 0.3) is 0 Å². The molecule has 2 aromatic carbocycles. The molecule has 0 saturated carbocycles. The Morgan fingerprint density at radius 1 is 1.14 bits per heavy atom. The van der Waals surface area contributed by atoms with Crippen LogP contribution in [0, 0.1) is 0 Å². The lowest BCUT2D eigenvalue weighted by molar-refractivity contribution is -0.128. The van der Waals surface area contributed by atoms with Crippen molar-refractivity contribution >= 4 is 23.2 Å². The molecule has 0 spiro atoms. The van der Waals surface area contributed by atoms with E-state index in [1.54, 1.807) is 25.1 Å². The van der Waals surface area contributed by atoms with Crippen LogP contribution < -0.4 is 15.4 Å². The number of anilines is 2. The van der Waals surface area contributed by atoms with E-state index in [-0.39, 0.29) is 18.4 Å². The van der Waals surface area contributed by atoms with Gasteiger partial charge in [-0.15, -0.1) is 0 Å². The third kappa shape index (κ3) is 6.79. The molecule has 2 N–H and O–H groups in total. The fourth-order valence-electron chi connectivity index (χ4n) is 2.55. The molecule has 0 aliphatic heterocycles. The van der Waals surface area contributed by atoms with Gasteiger partial charge in [0.15, 0.2) is 0 Å². The highest BCUT2D eigenvalue weighted by atomic mass is 16.5. The van der Waals surface area contributed by atoms with E-state index in [1.807, 2.05) is 48.5 Å². The standard InChI is InChI=1S/C22H27N3O3/c1-4-14-28-20-11-6-5-10-19(20)23-16-21(26)24-18-9-7-8-17(15-18)12-13-22(27)25(2)3/h4-11,15,23H,1,12-14,16H2,2-3H3,(H,24,26). The summed E-state index contributed by atoms with van der Waals surface area (Å²) in [6, 6.07) is 15.0. The smallest absolute Gasteiger partial charge is 0.243 e. The molecule has 2 aromatic rings. The predicted molar refractivity (Wildman–Crippen MR) is 113 cm³/mol. The number of carbonyl (C=O) groups excluding carboxylic acids is 2. The largest absolute Gasteiger partial charge is 0.487 e. The van der Waals surface area contributed by atoms with E-state index in [2.05, 4.69) is 17.2 Å². The maximum Gasteiger partial charge on any atom is 0.243 e. The van der Waals surface area contributed by atoms with Gasteiger partial charge < -0.3 is 20.3 Å². The van der Waals surface area contributed by atoms with Gasteiger partial charge in [-0.2, -0.15) is 0 Å². The topological polar surface area (TPSA) is 70.7 Å². The number of ether oxygens (including phenoxy) is 1. The van der Waals surface area contributed by atoms with Crippen molar-refractivity contribution in [1.29, 1.82) is 0 Å². The Balaban J connectivity index is 1.89. The molecule has 148 valence electrons. The Kier molecular flexibility index (Phi) is 8.09. The van der Waals surface area contributed by atoms with Gasteiger partial charge in [-0.25, -0.2) is 0 Å². The van der Waals surface area contributed by atoms with Gasteiger partial charge >= 0.3 is 0 Å². The minimum atomic E-state index is -0.167. The Hall–Kier alpha value is -3.28. The molecule has 0 aliphatic carbocycles. The zero-order valence-electron chi connectivity index (χ0n) is 16.4. The second-order valence-corrected chi connectivity index (χ2v) is 6.49.